The van der Waals surface area contributed by atoms with Gasteiger partial charge < -0.3 is 14.9 Å². The Bertz CT molecular complexity index is 583. The molecule has 0 saturated carbocycles. The van der Waals surface area contributed by atoms with Crippen molar-refractivity contribution in [2.75, 3.05) is 0 Å². The van der Waals surface area contributed by atoms with Gasteiger partial charge in [0.1, 0.15) is 5.82 Å². The van der Waals surface area contributed by atoms with Gasteiger partial charge in [-0.2, -0.15) is 0 Å². The van der Waals surface area contributed by atoms with Crippen LogP contribution in [0.3, 0.4) is 0 Å². The number of carboxylic acid groups (broad SMARTS) is 1. The minimum absolute atomic E-state index is 0.0888. The minimum atomic E-state index is -1.13. The molecule has 1 aromatic heterocycles. The van der Waals surface area contributed by atoms with Crippen LogP contribution >= 0.6 is 0 Å². The molecular formula is C13H13FN2O3. The number of halogens is 1. The Balaban J connectivity index is 1.96. The monoisotopic (exact) mass is 264 g/mol. The summed E-state index contributed by atoms with van der Waals surface area (Å²) in [4.78, 5) is 10.6. The van der Waals surface area contributed by atoms with E-state index in [0.717, 1.165) is 5.56 Å². The number of aromatic carboxylic acids is 1. The van der Waals surface area contributed by atoms with Crippen molar-refractivity contribution in [3.8, 4) is 0 Å². The molecule has 0 bridgehead atoms. The number of aromatic nitrogens is 1. The summed E-state index contributed by atoms with van der Waals surface area (Å²) in [5.74, 6) is -1.01. The first-order valence-electron chi connectivity index (χ1n) is 5.74. The fourth-order valence-corrected chi connectivity index (χ4v) is 1.64. The first-order valence-corrected chi connectivity index (χ1v) is 5.74. The van der Waals surface area contributed by atoms with Crippen LogP contribution in [0.25, 0.3) is 0 Å². The van der Waals surface area contributed by atoms with Gasteiger partial charge in [-0.1, -0.05) is 17.3 Å². The second-order valence-corrected chi connectivity index (χ2v) is 4.14. The number of nitrogens with one attached hydrogen (secondary N) is 1. The number of hydrogen-bond acceptors (Lipinski definition) is 4. The molecule has 6 heteroatoms. The highest BCUT2D eigenvalue weighted by Gasteiger charge is 2.12. The first-order chi connectivity index (χ1) is 9.06. The van der Waals surface area contributed by atoms with Crippen LogP contribution in [0, 0.1) is 5.82 Å². The predicted molar refractivity (Wildman–Crippen MR) is 65.1 cm³/mol. The fourth-order valence-electron chi connectivity index (χ4n) is 1.64. The highest BCUT2D eigenvalue weighted by molar-refractivity contribution is 5.85. The fraction of sp³-hybridized carbons (Fsp3) is 0.231. The van der Waals surface area contributed by atoms with Gasteiger partial charge in [-0.3, -0.25) is 0 Å². The Morgan fingerprint density at radius 1 is 1.53 bits per heavy atom. The maximum atomic E-state index is 13.1. The van der Waals surface area contributed by atoms with Crippen LogP contribution in [-0.4, -0.2) is 16.2 Å². The number of carbonyl (C=O) groups is 1. The zero-order valence-corrected chi connectivity index (χ0v) is 10.3. The Labute approximate surface area is 109 Å². The highest BCUT2D eigenvalue weighted by Crippen LogP contribution is 2.14. The number of benzene rings is 1. The summed E-state index contributed by atoms with van der Waals surface area (Å²) in [5.41, 5.74) is 0.674. The van der Waals surface area contributed by atoms with E-state index in [1.807, 2.05) is 13.0 Å². The average molecular weight is 264 g/mol. The second-order valence-electron chi connectivity index (χ2n) is 4.14. The maximum absolute atomic E-state index is 13.1. The first kappa shape index (κ1) is 13.2. The van der Waals surface area contributed by atoms with Gasteiger partial charge in [-0.25, -0.2) is 9.18 Å². The number of hydrogen-bond donors (Lipinski definition) is 2. The maximum Gasteiger partial charge on any atom is 0.358 e. The molecule has 0 spiro atoms. The lowest BCUT2D eigenvalue weighted by Crippen LogP contribution is -2.17. The van der Waals surface area contributed by atoms with Crippen LogP contribution in [-0.2, 0) is 6.54 Å². The largest absolute Gasteiger partial charge is 0.476 e. The van der Waals surface area contributed by atoms with Gasteiger partial charge in [-0.05, 0) is 24.6 Å². The third-order valence-electron chi connectivity index (χ3n) is 2.71. The van der Waals surface area contributed by atoms with Crippen LogP contribution in [0.5, 0.6) is 0 Å². The van der Waals surface area contributed by atoms with Crippen molar-refractivity contribution in [3.05, 3.63) is 53.2 Å². The standard InChI is InChI=1S/C13H13FN2O3/c1-8(9-3-2-4-10(14)5-9)15-7-11-6-12(13(17)18)16-19-11/h2-6,8,15H,7H2,1H3,(H,17,18)/t8-/m1/s1. The molecule has 100 valence electrons. The van der Waals surface area contributed by atoms with E-state index < -0.39 is 5.97 Å². The van der Waals surface area contributed by atoms with Gasteiger partial charge in [0, 0.05) is 12.1 Å². The molecule has 0 radical (unpaired) electrons. The third-order valence-corrected chi connectivity index (χ3v) is 2.71. The molecule has 0 aliphatic carbocycles. The summed E-state index contributed by atoms with van der Waals surface area (Å²) >= 11 is 0. The Morgan fingerprint density at radius 3 is 2.95 bits per heavy atom. The summed E-state index contributed by atoms with van der Waals surface area (Å²) in [5, 5.41) is 15.2. The van der Waals surface area contributed by atoms with Crippen LogP contribution in [0.1, 0.15) is 34.8 Å². The van der Waals surface area contributed by atoms with Crippen molar-refractivity contribution in [2.45, 2.75) is 19.5 Å². The van der Waals surface area contributed by atoms with Crippen molar-refractivity contribution in [2.24, 2.45) is 0 Å². The zero-order valence-electron chi connectivity index (χ0n) is 10.3. The lowest BCUT2D eigenvalue weighted by atomic mass is 10.1. The van der Waals surface area contributed by atoms with Gasteiger partial charge in [0.15, 0.2) is 11.5 Å². The van der Waals surface area contributed by atoms with E-state index in [4.69, 9.17) is 9.63 Å². The van der Waals surface area contributed by atoms with Gasteiger partial charge in [0.05, 0.1) is 6.54 Å². The van der Waals surface area contributed by atoms with Gasteiger partial charge in [0.25, 0.3) is 0 Å². The molecule has 1 atom stereocenters. The number of rotatable bonds is 5. The van der Waals surface area contributed by atoms with Gasteiger partial charge >= 0.3 is 5.97 Å². The second kappa shape index (κ2) is 5.62. The van der Waals surface area contributed by atoms with E-state index in [-0.39, 0.29) is 17.6 Å². The predicted octanol–water partition coefficient (Wildman–Crippen LogP) is 2.36. The SMILES string of the molecule is C[C@@H](NCc1cc(C(=O)O)no1)c1cccc(F)c1. The van der Waals surface area contributed by atoms with E-state index in [1.165, 1.54) is 18.2 Å². The van der Waals surface area contributed by atoms with Crippen molar-refractivity contribution < 1.29 is 18.8 Å². The summed E-state index contributed by atoms with van der Waals surface area (Å²) in [7, 11) is 0. The molecule has 2 aromatic rings. The highest BCUT2D eigenvalue weighted by atomic mass is 19.1. The molecule has 5 nitrogen and oxygen atoms in total. The van der Waals surface area contributed by atoms with Crippen molar-refractivity contribution in [1.29, 1.82) is 0 Å². The molecule has 19 heavy (non-hydrogen) atoms. The quantitative estimate of drug-likeness (QED) is 0.867. The lowest BCUT2D eigenvalue weighted by Gasteiger charge is -2.12. The molecule has 1 heterocycles. The smallest absolute Gasteiger partial charge is 0.358 e. The van der Waals surface area contributed by atoms with Crippen molar-refractivity contribution in [3.63, 3.8) is 0 Å². The minimum Gasteiger partial charge on any atom is -0.476 e. The molecule has 2 rings (SSSR count). The molecule has 0 fully saturated rings. The summed E-state index contributed by atoms with van der Waals surface area (Å²) < 4.78 is 17.9. The molecule has 0 aliphatic heterocycles. The Morgan fingerprint density at radius 2 is 2.32 bits per heavy atom. The normalized spacial score (nSPS) is 12.3. The third kappa shape index (κ3) is 3.38. The molecule has 0 amide bonds. The topological polar surface area (TPSA) is 75.4 Å². The van der Waals surface area contributed by atoms with Crippen LogP contribution in [0.2, 0.25) is 0 Å². The molecule has 0 unspecified atom stereocenters. The van der Waals surface area contributed by atoms with E-state index >= 15 is 0 Å². The van der Waals surface area contributed by atoms with Crippen molar-refractivity contribution in [1.82, 2.24) is 10.5 Å². The van der Waals surface area contributed by atoms with Gasteiger partial charge in [-0.15, -0.1) is 0 Å². The summed E-state index contributed by atoms with van der Waals surface area (Å²) in [6.07, 6.45) is 0. The molecule has 0 aliphatic rings. The van der Waals surface area contributed by atoms with Crippen LogP contribution in [0.4, 0.5) is 4.39 Å². The molecular weight excluding hydrogens is 251 g/mol. The lowest BCUT2D eigenvalue weighted by molar-refractivity contribution is 0.0685. The summed E-state index contributed by atoms with van der Waals surface area (Å²) in [6.45, 7) is 2.20. The number of carboxylic acids is 1. The van der Waals surface area contributed by atoms with E-state index in [9.17, 15) is 9.18 Å². The average Bonchev–Trinajstić information content (AvgIpc) is 2.85. The van der Waals surface area contributed by atoms with Crippen molar-refractivity contribution >= 4 is 5.97 Å². The molecule has 0 saturated heterocycles. The van der Waals surface area contributed by atoms with Crippen LogP contribution < -0.4 is 5.32 Å². The van der Waals surface area contributed by atoms with E-state index in [2.05, 4.69) is 10.5 Å². The van der Waals surface area contributed by atoms with Crippen LogP contribution in [0.15, 0.2) is 34.9 Å². The van der Waals surface area contributed by atoms with E-state index in [0.29, 0.717) is 12.3 Å². The summed E-state index contributed by atoms with van der Waals surface area (Å²) in [6, 6.07) is 7.54. The zero-order chi connectivity index (χ0) is 13.8. The Kier molecular flexibility index (Phi) is 3.91. The Hall–Kier alpha value is -2.21. The number of nitrogens with zero attached hydrogens (tertiary/aromatic N) is 1. The molecule has 1 aromatic carbocycles. The van der Waals surface area contributed by atoms with Gasteiger partial charge in [0.2, 0.25) is 0 Å². The molecule has 2 N–H and O–H groups in total. The van der Waals surface area contributed by atoms with E-state index in [1.54, 1.807) is 6.07 Å².